The number of carbonyl (C=O) groups excluding carboxylic acids is 1. The van der Waals surface area contributed by atoms with Gasteiger partial charge in [-0.1, -0.05) is 12.2 Å². The fourth-order valence-corrected chi connectivity index (χ4v) is 3.44. The average molecular weight is 344 g/mol. The summed E-state index contributed by atoms with van der Waals surface area (Å²) in [7, 11) is 0. The van der Waals surface area contributed by atoms with E-state index < -0.39 is 11.6 Å². The third-order valence-corrected chi connectivity index (χ3v) is 5.06. The molecule has 25 heavy (non-hydrogen) atoms. The minimum atomic E-state index is -1.29. The summed E-state index contributed by atoms with van der Waals surface area (Å²) in [6.07, 6.45) is 8.92. The van der Waals surface area contributed by atoms with E-state index in [1.165, 1.54) is 0 Å². The number of rotatable bonds is 5. The lowest BCUT2D eigenvalue weighted by atomic mass is 9.90. The quantitative estimate of drug-likeness (QED) is 0.831. The van der Waals surface area contributed by atoms with Crippen molar-refractivity contribution in [2.45, 2.75) is 44.6 Å². The highest BCUT2D eigenvalue weighted by atomic mass is 16.5. The molecule has 1 fully saturated rings. The zero-order valence-electron chi connectivity index (χ0n) is 14.5. The van der Waals surface area contributed by atoms with E-state index in [9.17, 15) is 14.7 Å². The van der Waals surface area contributed by atoms with Crippen molar-refractivity contribution in [3.05, 3.63) is 36.2 Å². The van der Waals surface area contributed by atoms with Crippen molar-refractivity contribution in [2.75, 3.05) is 13.1 Å². The van der Waals surface area contributed by atoms with E-state index in [0.717, 1.165) is 18.5 Å². The van der Waals surface area contributed by atoms with Crippen LogP contribution in [0.1, 0.15) is 37.8 Å². The lowest BCUT2D eigenvalue weighted by molar-refractivity contribution is -0.162. The van der Waals surface area contributed by atoms with Gasteiger partial charge >= 0.3 is 5.97 Å². The molecular weight excluding hydrogens is 320 g/mol. The molecule has 3 rings (SSSR count). The van der Waals surface area contributed by atoms with Crippen molar-refractivity contribution >= 4 is 11.9 Å². The number of nitrogens with zero attached hydrogens (tertiary/aromatic N) is 2. The number of carboxylic acids is 1. The molecule has 1 aromatic rings. The molecule has 134 valence electrons. The summed E-state index contributed by atoms with van der Waals surface area (Å²) >= 11 is 0. The van der Waals surface area contributed by atoms with Crippen LogP contribution in [0.25, 0.3) is 0 Å². The van der Waals surface area contributed by atoms with Crippen LogP contribution in [-0.2, 0) is 9.59 Å². The molecule has 0 saturated carbocycles. The number of pyridine rings is 1. The summed E-state index contributed by atoms with van der Waals surface area (Å²) in [5.41, 5.74) is -0.445. The number of piperidine rings is 1. The first-order chi connectivity index (χ1) is 12.0. The number of carboxylic acid groups (broad SMARTS) is 1. The number of amides is 1. The van der Waals surface area contributed by atoms with Gasteiger partial charge in [0.15, 0.2) is 0 Å². The molecule has 1 N–H and O–H groups in total. The third-order valence-electron chi connectivity index (χ3n) is 5.06. The topological polar surface area (TPSA) is 79.7 Å². The maximum Gasteiger partial charge on any atom is 0.348 e. The molecule has 6 heteroatoms. The van der Waals surface area contributed by atoms with Gasteiger partial charge in [0, 0.05) is 38.0 Å². The third kappa shape index (κ3) is 4.00. The smallest absolute Gasteiger partial charge is 0.348 e. The molecule has 0 radical (unpaired) electrons. The Bertz CT molecular complexity index is 661. The summed E-state index contributed by atoms with van der Waals surface area (Å²) in [5, 5.41) is 9.70. The molecule has 0 aromatic carbocycles. The van der Waals surface area contributed by atoms with Crippen LogP contribution < -0.4 is 4.74 Å². The lowest BCUT2D eigenvalue weighted by Crippen LogP contribution is -2.54. The van der Waals surface area contributed by atoms with Gasteiger partial charge in [-0.2, -0.15) is 0 Å². The second-order valence-corrected chi connectivity index (χ2v) is 6.89. The van der Waals surface area contributed by atoms with E-state index in [0.29, 0.717) is 31.2 Å². The first-order valence-corrected chi connectivity index (χ1v) is 8.78. The Hall–Kier alpha value is -2.37. The van der Waals surface area contributed by atoms with Gasteiger partial charge in [-0.15, -0.1) is 0 Å². The van der Waals surface area contributed by atoms with E-state index in [1.807, 2.05) is 6.92 Å². The Morgan fingerprint density at radius 2 is 2.12 bits per heavy atom. The molecule has 0 spiro atoms. The highest BCUT2D eigenvalue weighted by Gasteiger charge is 2.45. The fraction of sp³-hybridized carbons (Fsp3) is 0.526. The Morgan fingerprint density at radius 3 is 2.68 bits per heavy atom. The maximum atomic E-state index is 12.4. The van der Waals surface area contributed by atoms with E-state index in [1.54, 1.807) is 23.2 Å². The standard InChI is InChI=1S/C19H24N2O4/c1-14-6-7-16(13-20-14)25-19(18(23)24)8-10-21(11-9-19)17(22)12-15-4-2-3-5-15/h2,4,6-7,13,15H,3,5,8-12H2,1H3,(H,23,24)/t15-/m1/s1. The molecule has 1 atom stereocenters. The van der Waals surface area contributed by atoms with Crippen molar-refractivity contribution in [3.8, 4) is 5.75 Å². The first kappa shape index (κ1) is 17.5. The zero-order valence-corrected chi connectivity index (χ0v) is 14.5. The van der Waals surface area contributed by atoms with E-state index in [-0.39, 0.29) is 18.7 Å². The molecule has 2 aliphatic rings. The predicted octanol–water partition coefficient (Wildman–Crippen LogP) is 2.57. The molecule has 2 heterocycles. The van der Waals surface area contributed by atoms with Crippen molar-refractivity contribution in [2.24, 2.45) is 5.92 Å². The normalized spacial score (nSPS) is 22.0. The minimum absolute atomic E-state index is 0.104. The predicted molar refractivity (Wildman–Crippen MR) is 92.3 cm³/mol. The monoisotopic (exact) mass is 344 g/mol. The Labute approximate surface area is 147 Å². The Balaban J connectivity index is 1.61. The second-order valence-electron chi connectivity index (χ2n) is 6.89. The highest BCUT2D eigenvalue weighted by Crippen LogP contribution is 2.30. The largest absolute Gasteiger partial charge is 0.478 e. The molecule has 6 nitrogen and oxygen atoms in total. The lowest BCUT2D eigenvalue weighted by Gasteiger charge is -2.39. The molecule has 1 aromatic heterocycles. The van der Waals surface area contributed by atoms with Crippen LogP contribution in [-0.4, -0.2) is 45.6 Å². The Morgan fingerprint density at radius 1 is 1.36 bits per heavy atom. The highest BCUT2D eigenvalue weighted by molar-refractivity contribution is 5.80. The zero-order chi connectivity index (χ0) is 17.9. The number of likely N-dealkylation sites (tertiary alicyclic amines) is 1. The summed E-state index contributed by atoms with van der Waals surface area (Å²) in [4.78, 5) is 30.2. The van der Waals surface area contributed by atoms with Crippen LogP contribution in [0.5, 0.6) is 5.75 Å². The minimum Gasteiger partial charge on any atom is -0.478 e. The van der Waals surface area contributed by atoms with Crippen LogP contribution in [0.2, 0.25) is 0 Å². The molecule has 1 saturated heterocycles. The van der Waals surface area contributed by atoms with Gasteiger partial charge in [0.05, 0.1) is 6.20 Å². The van der Waals surface area contributed by atoms with Crippen LogP contribution in [0.3, 0.4) is 0 Å². The molecule has 1 aliphatic carbocycles. The molecule has 0 bridgehead atoms. The van der Waals surface area contributed by atoms with Crippen LogP contribution >= 0.6 is 0 Å². The van der Waals surface area contributed by atoms with Crippen LogP contribution in [0.4, 0.5) is 0 Å². The summed E-state index contributed by atoms with van der Waals surface area (Å²) in [6.45, 7) is 2.67. The van der Waals surface area contributed by atoms with Gasteiger partial charge < -0.3 is 14.7 Å². The van der Waals surface area contributed by atoms with E-state index in [4.69, 9.17) is 4.74 Å². The molecule has 1 aliphatic heterocycles. The number of aromatic nitrogens is 1. The molecule has 0 unspecified atom stereocenters. The summed E-state index contributed by atoms with van der Waals surface area (Å²) in [5.74, 6) is -0.108. The van der Waals surface area contributed by atoms with Crippen molar-refractivity contribution in [3.63, 3.8) is 0 Å². The number of ether oxygens (including phenoxy) is 1. The van der Waals surface area contributed by atoms with E-state index >= 15 is 0 Å². The van der Waals surface area contributed by atoms with Crippen molar-refractivity contribution in [1.82, 2.24) is 9.88 Å². The van der Waals surface area contributed by atoms with Gasteiger partial charge in [0.1, 0.15) is 5.75 Å². The number of hydrogen-bond donors (Lipinski definition) is 1. The number of aryl methyl sites for hydroxylation is 1. The second kappa shape index (κ2) is 7.25. The van der Waals surface area contributed by atoms with Crippen molar-refractivity contribution in [1.29, 1.82) is 0 Å². The van der Waals surface area contributed by atoms with Crippen LogP contribution in [0.15, 0.2) is 30.5 Å². The van der Waals surface area contributed by atoms with Gasteiger partial charge in [-0.3, -0.25) is 9.78 Å². The van der Waals surface area contributed by atoms with Gasteiger partial charge in [-0.25, -0.2) is 4.79 Å². The van der Waals surface area contributed by atoms with Gasteiger partial charge in [0.2, 0.25) is 11.5 Å². The Kier molecular flexibility index (Phi) is 5.06. The van der Waals surface area contributed by atoms with Crippen LogP contribution in [0, 0.1) is 12.8 Å². The maximum absolute atomic E-state index is 12.4. The molecular formula is C19H24N2O4. The van der Waals surface area contributed by atoms with E-state index in [2.05, 4.69) is 17.1 Å². The first-order valence-electron chi connectivity index (χ1n) is 8.78. The molecule has 1 amide bonds. The SMILES string of the molecule is Cc1ccc(OC2(C(=O)O)CCN(C(=O)C[C@@H]3C=CCC3)CC2)cn1. The summed E-state index contributed by atoms with van der Waals surface area (Å²) < 4.78 is 5.81. The number of allylic oxidation sites excluding steroid dienone is 2. The fourth-order valence-electron chi connectivity index (χ4n) is 3.44. The number of aliphatic carboxylic acids is 1. The van der Waals surface area contributed by atoms with Crippen molar-refractivity contribution < 1.29 is 19.4 Å². The van der Waals surface area contributed by atoms with Gasteiger partial charge in [-0.05, 0) is 37.8 Å². The summed E-state index contributed by atoms with van der Waals surface area (Å²) in [6, 6.07) is 3.52. The number of carbonyl (C=O) groups is 2. The van der Waals surface area contributed by atoms with Gasteiger partial charge in [0.25, 0.3) is 0 Å². The average Bonchev–Trinajstić information content (AvgIpc) is 3.10. The number of hydrogen-bond acceptors (Lipinski definition) is 4.